The summed E-state index contributed by atoms with van der Waals surface area (Å²) in [5.41, 5.74) is 5.89. The van der Waals surface area contributed by atoms with Crippen LogP contribution in [-0.4, -0.2) is 37.2 Å². The number of anilines is 2. The molecule has 1 atom stereocenters. The van der Waals surface area contributed by atoms with Crippen molar-refractivity contribution in [1.29, 1.82) is 5.26 Å². The lowest BCUT2D eigenvalue weighted by Crippen LogP contribution is -2.53. The molecule has 2 heterocycles. The normalized spacial score (nSPS) is 24.6. The molecule has 3 aliphatic carbocycles. The van der Waals surface area contributed by atoms with Crippen molar-refractivity contribution in [1.82, 2.24) is 4.98 Å². The fraction of sp³-hybridized carbons (Fsp3) is 0.303. The summed E-state index contributed by atoms with van der Waals surface area (Å²) in [5.74, 6) is -0.212. The Balaban J connectivity index is 1.12. The maximum atomic E-state index is 14.0. The number of rotatable bonds is 5. The summed E-state index contributed by atoms with van der Waals surface area (Å²) >= 11 is 1.45. The van der Waals surface area contributed by atoms with E-state index in [2.05, 4.69) is 64.8 Å². The Morgan fingerprint density at radius 2 is 1.70 bits per heavy atom. The van der Waals surface area contributed by atoms with Gasteiger partial charge in [0, 0.05) is 36.5 Å². The molecule has 1 fully saturated rings. The molecule has 4 aromatic rings. The van der Waals surface area contributed by atoms with Gasteiger partial charge in [-0.3, -0.25) is 4.79 Å². The van der Waals surface area contributed by atoms with Crippen molar-refractivity contribution in [3.8, 4) is 6.07 Å². The molecular weight excluding hydrogens is 516 g/mol. The molecule has 200 valence electrons. The first-order valence-electron chi connectivity index (χ1n) is 13.8. The summed E-state index contributed by atoms with van der Waals surface area (Å²) in [4.78, 5) is 21.2. The molecule has 1 unspecified atom stereocenters. The molecule has 40 heavy (non-hydrogen) atoms. The second-order valence-corrected chi connectivity index (χ2v) is 12.1. The van der Waals surface area contributed by atoms with Crippen LogP contribution in [0.25, 0.3) is 0 Å². The predicted octanol–water partition coefficient (Wildman–Crippen LogP) is 5.87. The number of hydrogen-bond acceptors (Lipinski definition) is 6. The van der Waals surface area contributed by atoms with Crippen LogP contribution < -0.4 is 10.2 Å². The minimum Gasteiger partial charge on any atom is -0.378 e. The zero-order valence-corrected chi connectivity index (χ0v) is 23.2. The smallest absolute Gasteiger partial charge is 0.233 e. The lowest BCUT2D eigenvalue weighted by atomic mass is 9.47. The van der Waals surface area contributed by atoms with Crippen molar-refractivity contribution >= 4 is 28.1 Å². The number of thiazole rings is 1. The lowest BCUT2D eigenvalue weighted by Gasteiger charge is -2.54. The van der Waals surface area contributed by atoms with E-state index in [0.29, 0.717) is 18.0 Å². The Labute approximate surface area is 238 Å². The number of ether oxygens (including phenoxy) is 1. The van der Waals surface area contributed by atoms with Crippen molar-refractivity contribution < 1.29 is 9.53 Å². The number of carbonyl (C=O) groups is 1. The minimum absolute atomic E-state index is 0.0862. The van der Waals surface area contributed by atoms with E-state index in [0.717, 1.165) is 54.3 Å². The third-order valence-corrected chi connectivity index (χ3v) is 9.72. The monoisotopic (exact) mass is 546 g/mol. The van der Waals surface area contributed by atoms with Gasteiger partial charge in [-0.05, 0) is 53.3 Å². The van der Waals surface area contributed by atoms with Crippen LogP contribution in [0.15, 0.2) is 78.2 Å². The second kappa shape index (κ2) is 9.58. The highest BCUT2D eigenvalue weighted by Crippen LogP contribution is 2.63. The molecule has 8 rings (SSSR count). The Bertz CT molecular complexity index is 1590. The average molecular weight is 547 g/mol. The van der Waals surface area contributed by atoms with Crippen LogP contribution in [-0.2, 0) is 21.4 Å². The maximum absolute atomic E-state index is 14.0. The number of amides is 1. The van der Waals surface area contributed by atoms with Crippen molar-refractivity contribution in [2.75, 3.05) is 36.5 Å². The van der Waals surface area contributed by atoms with Gasteiger partial charge in [0.05, 0.1) is 30.4 Å². The van der Waals surface area contributed by atoms with E-state index in [4.69, 9.17) is 9.72 Å². The number of morpholine rings is 1. The number of aromatic nitrogens is 1. The molecule has 1 N–H and O–H groups in total. The van der Waals surface area contributed by atoms with Crippen LogP contribution in [0.5, 0.6) is 0 Å². The van der Waals surface area contributed by atoms with E-state index in [-0.39, 0.29) is 11.8 Å². The molecule has 1 aliphatic heterocycles. The van der Waals surface area contributed by atoms with Gasteiger partial charge in [-0.2, -0.15) is 5.26 Å². The highest BCUT2D eigenvalue weighted by molar-refractivity contribution is 7.13. The van der Waals surface area contributed by atoms with Crippen molar-refractivity contribution in [2.24, 2.45) is 5.41 Å². The quantitative estimate of drug-likeness (QED) is 0.339. The first-order valence-corrected chi connectivity index (χ1v) is 14.7. The Kier molecular flexibility index (Phi) is 5.99. The van der Waals surface area contributed by atoms with Crippen molar-refractivity contribution in [3.05, 3.63) is 112 Å². The number of hydrogen-bond donors (Lipinski definition) is 1. The second-order valence-electron chi connectivity index (χ2n) is 11.3. The zero-order valence-electron chi connectivity index (χ0n) is 22.4. The van der Waals surface area contributed by atoms with Gasteiger partial charge in [0.1, 0.15) is 5.41 Å². The first-order chi connectivity index (χ1) is 19.5. The van der Waals surface area contributed by atoms with Crippen LogP contribution in [0.1, 0.15) is 52.8 Å². The molecule has 4 aliphatic rings. The van der Waals surface area contributed by atoms with E-state index in [1.165, 1.54) is 22.6 Å². The average Bonchev–Trinajstić information content (AvgIpc) is 3.44. The third-order valence-electron chi connectivity index (χ3n) is 8.91. The Morgan fingerprint density at radius 1 is 1.05 bits per heavy atom. The number of nitrogens with one attached hydrogen (secondary N) is 1. The topological polar surface area (TPSA) is 78.2 Å². The van der Waals surface area contributed by atoms with E-state index in [9.17, 15) is 10.1 Å². The fourth-order valence-electron chi connectivity index (χ4n) is 7.03. The molecule has 0 saturated carbocycles. The number of nitrogens with zero attached hydrogens (tertiary/aromatic N) is 3. The van der Waals surface area contributed by atoms with Gasteiger partial charge in [-0.25, -0.2) is 4.98 Å². The van der Waals surface area contributed by atoms with E-state index in [1.807, 2.05) is 36.6 Å². The summed E-state index contributed by atoms with van der Waals surface area (Å²) < 4.78 is 5.46. The van der Waals surface area contributed by atoms with E-state index >= 15 is 0 Å². The van der Waals surface area contributed by atoms with Gasteiger partial charge in [0.15, 0.2) is 5.13 Å². The summed E-state index contributed by atoms with van der Waals surface area (Å²) in [5, 5.41) is 16.4. The zero-order chi connectivity index (χ0) is 27.3. The van der Waals surface area contributed by atoms with Gasteiger partial charge in [0.25, 0.3) is 0 Å². The Morgan fingerprint density at radius 3 is 2.35 bits per heavy atom. The summed E-state index contributed by atoms with van der Waals surface area (Å²) in [6.07, 6.45) is 1.14. The largest absolute Gasteiger partial charge is 0.378 e. The molecule has 1 aromatic heterocycles. The van der Waals surface area contributed by atoms with Crippen LogP contribution >= 0.6 is 11.3 Å². The Hall–Kier alpha value is -3.99. The molecule has 2 bridgehead atoms. The molecular formula is C33H30N4O2S. The van der Waals surface area contributed by atoms with Crippen LogP contribution in [0, 0.1) is 16.7 Å². The van der Waals surface area contributed by atoms with E-state index in [1.54, 1.807) is 0 Å². The molecule has 0 spiro atoms. The van der Waals surface area contributed by atoms with Gasteiger partial charge in [0.2, 0.25) is 5.91 Å². The minimum atomic E-state index is -0.852. The van der Waals surface area contributed by atoms with Gasteiger partial charge in [-0.15, -0.1) is 11.3 Å². The van der Waals surface area contributed by atoms with E-state index < -0.39 is 10.8 Å². The molecule has 0 radical (unpaired) electrons. The molecule has 1 saturated heterocycles. The van der Waals surface area contributed by atoms with Crippen LogP contribution in [0.4, 0.5) is 10.8 Å². The van der Waals surface area contributed by atoms with Crippen LogP contribution in [0.2, 0.25) is 0 Å². The highest BCUT2D eigenvalue weighted by Gasteiger charge is 2.61. The van der Waals surface area contributed by atoms with Gasteiger partial charge >= 0.3 is 0 Å². The highest BCUT2D eigenvalue weighted by atomic mass is 32.1. The fourth-order valence-corrected chi connectivity index (χ4v) is 7.73. The summed E-state index contributed by atoms with van der Waals surface area (Å²) in [7, 11) is 0. The van der Waals surface area contributed by atoms with Crippen molar-refractivity contribution in [2.45, 2.75) is 31.1 Å². The number of carbonyl (C=O) groups excluding carboxylic acids is 1. The summed E-state index contributed by atoms with van der Waals surface area (Å²) in [6.45, 7) is 5.38. The molecule has 1 amide bonds. The molecule has 6 nitrogen and oxygen atoms in total. The van der Waals surface area contributed by atoms with Gasteiger partial charge < -0.3 is 15.0 Å². The van der Waals surface area contributed by atoms with Gasteiger partial charge in [-0.1, -0.05) is 60.7 Å². The van der Waals surface area contributed by atoms with Crippen LogP contribution in [0.3, 0.4) is 0 Å². The SMILES string of the molecule is CC1(C(=O)Nc2nc(Cc3ccc(N4CCOCC4)cc3)cs2)CC2(C#N)c3ccccc3C1c1ccccc12. The maximum Gasteiger partial charge on any atom is 0.233 e. The number of benzene rings is 3. The molecule has 7 heteroatoms. The predicted molar refractivity (Wildman–Crippen MR) is 157 cm³/mol. The van der Waals surface area contributed by atoms with Crippen molar-refractivity contribution in [3.63, 3.8) is 0 Å². The summed E-state index contributed by atoms with van der Waals surface area (Å²) in [6, 6.07) is 27.5. The first kappa shape index (κ1) is 25.0. The number of fused-ring (bicyclic) bond motifs is 1. The third kappa shape index (κ3) is 3.86. The molecule has 3 aromatic carbocycles. The standard InChI is InChI=1S/C33H30N4O2S/c1-32(20-33(21-34)27-8-4-2-6-25(27)29(32)26-7-3-5-9-28(26)33)30(38)36-31-35-23(19-40-31)18-22-10-12-24(13-11-22)37-14-16-39-17-15-37/h2-13,19,29H,14-18,20H2,1H3,(H,35,36,38). The number of nitriles is 1. The lowest BCUT2D eigenvalue weighted by molar-refractivity contribution is -0.127.